The van der Waals surface area contributed by atoms with Gasteiger partial charge in [0.05, 0.1) is 18.7 Å². The quantitative estimate of drug-likeness (QED) is 0.501. The van der Waals surface area contributed by atoms with E-state index in [1.807, 2.05) is 77.8 Å². The van der Waals surface area contributed by atoms with Crippen molar-refractivity contribution in [3.05, 3.63) is 97.1 Å². The lowest BCUT2D eigenvalue weighted by atomic mass is 10.1. The monoisotopic (exact) mass is 399 g/mol. The predicted molar refractivity (Wildman–Crippen MR) is 115 cm³/mol. The third-order valence-electron chi connectivity index (χ3n) is 4.57. The number of nitrogens with zero attached hydrogens (tertiary/aromatic N) is 3. The maximum absolute atomic E-state index is 12.2. The third kappa shape index (κ3) is 4.82. The lowest BCUT2D eigenvalue weighted by Gasteiger charge is -2.09. The third-order valence-corrected chi connectivity index (χ3v) is 4.57. The van der Waals surface area contributed by atoms with Crippen molar-refractivity contribution in [3.63, 3.8) is 0 Å². The number of anilines is 1. The zero-order valence-corrected chi connectivity index (χ0v) is 16.2. The first-order chi connectivity index (χ1) is 14.7. The van der Waals surface area contributed by atoms with Gasteiger partial charge in [-0.25, -0.2) is 4.68 Å². The summed E-state index contributed by atoms with van der Waals surface area (Å²) in [6.45, 7) is -0.0822. The van der Waals surface area contributed by atoms with Crippen LogP contribution in [0.5, 0.6) is 0 Å². The molecule has 2 heterocycles. The summed E-state index contributed by atoms with van der Waals surface area (Å²) in [6, 6.07) is 20.8. The Bertz CT molecular complexity index is 1010. The summed E-state index contributed by atoms with van der Waals surface area (Å²) in [5, 5.41) is 9.59. The average molecular weight is 399 g/mol. The first-order valence-corrected chi connectivity index (χ1v) is 9.56. The summed E-state index contributed by atoms with van der Waals surface area (Å²) in [6.07, 6.45) is 7.69. The van der Waals surface area contributed by atoms with Gasteiger partial charge in [0, 0.05) is 36.2 Å². The number of amides is 2. The van der Waals surface area contributed by atoms with Gasteiger partial charge in [-0.3, -0.25) is 9.59 Å². The Morgan fingerprint density at radius 2 is 1.50 bits per heavy atom. The van der Waals surface area contributed by atoms with Crippen LogP contribution in [0.3, 0.4) is 0 Å². The van der Waals surface area contributed by atoms with E-state index in [1.165, 1.54) is 0 Å². The molecule has 0 aliphatic carbocycles. The molecule has 0 bridgehead atoms. The van der Waals surface area contributed by atoms with Gasteiger partial charge in [0.25, 0.3) is 0 Å². The Morgan fingerprint density at radius 1 is 0.800 bits per heavy atom. The first kappa shape index (κ1) is 19.2. The molecular formula is C23H21N5O2. The van der Waals surface area contributed by atoms with Crippen molar-refractivity contribution >= 4 is 17.5 Å². The molecule has 0 fully saturated rings. The van der Waals surface area contributed by atoms with Gasteiger partial charge in [0.1, 0.15) is 0 Å². The van der Waals surface area contributed by atoms with Crippen molar-refractivity contribution in [1.29, 1.82) is 0 Å². The molecule has 0 radical (unpaired) electrons. The molecule has 0 saturated carbocycles. The molecule has 7 nitrogen and oxygen atoms in total. The molecule has 2 N–H and O–H groups in total. The molecule has 0 aliphatic rings. The van der Waals surface area contributed by atoms with Crippen LogP contribution < -0.4 is 10.6 Å². The van der Waals surface area contributed by atoms with E-state index in [0.29, 0.717) is 5.69 Å². The fourth-order valence-electron chi connectivity index (χ4n) is 3.04. The van der Waals surface area contributed by atoms with Crippen molar-refractivity contribution < 1.29 is 9.59 Å². The molecule has 2 aromatic carbocycles. The van der Waals surface area contributed by atoms with Crippen molar-refractivity contribution in [1.82, 2.24) is 19.7 Å². The van der Waals surface area contributed by atoms with Crippen LogP contribution in [0.4, 0.5) is 5.69 Å². The average Bonchev–Trinajstić information content (AvgIpc) is 3.48. The van der Waals surface area contributed by atoms with E-state index in [-0.39, 0.29) is 24.8 Å². The molecule has 0 saturated heterocycles. The highest BCUT2D eigenvalue weighted by Crippen LogP contribution is 2.13. The molecule has 0 aliphatic heterocycles. The topological polar surface area (TPSA) is 81.0 Å². The van der Waals surface area contributed by atoms with E-state index in [0.717, 1.165) is 16.9 Å². The van der Waals surface area contributed by atoms with Gasteiger partial charge in [0.2, 0.25) is 11.8 Å². The van der Waals surface area contributed by atoms with Gasteiger partial charge < -0.3 is 15.2 Å². The minimum atomic E-state index is -0.279. The molecule has 30 heavy (non-hydrogen) atoms. The number of hydrogen-bond acceptors (Lipinski definition) is 3. The van der Waals surface area contributed by atoms with Gasteiger partial charge >= 0.3 is 0 Å². The lowest BCUT2D eigenvalue weighted by molar-refractivity contribution is -0.123. The second-order valence-corrected chi connectivity index (χ2v) is 6.76. The van der Waals surface area contributed by atoms with Gasteiger partial charge in [-0.15, -0.1) is 0 Å². The largest absolute Gasteiger partial charge is 0.347 e. The summed E-state index contributed by atoms with van der Waals surface area (Å²) in [7, 11) is 0. The zero-order chi connectivity index (χ0) is 20.8. The van der Waals surface area contributed by atoms with E-state index >= 15 is 0 Å². The molecule has 0 unspecified atom stereocenters. The first-order valence-electron chi connectivity index (χ1n) is 9.56. The van der Waals surface area contributed by atoms with Crippen molar-refractivity contribution in [2.45, 2.75) is 6.42 Å². The number of carbonyl (C=O) groups is 2. The smallest absolute Gasteiger partial charge is 0.243 e. The summed E-state index contributed by atoms with van der Waals surface area (Å²) < 4.78 is 3.73. The van der Waals surface area contributed by atoms with Crippen LogP contribution in [0.2, 0.25) is 0 Å². The standard InChI is InChI=1S/C23H21N5O2/c29-22(16-18-4-8-20(9-5-18)27-13-1-2-14-27)24-17-23(30)26-19-6-10-21(11-7-19)28-15-3-12-25-28/h1-15H,16-17H2,(H,24,29)(H,26,30). The minimum absolute atomic E-state index is 0.0822. The summed E-state index contributed by atoms with van der Waals surface area (Å²) in [4.78, 5) is 24.3. The fourth-order valence-corrected chi connectivity index (χ4v) is 3.04. The molecule has 4 aromatic rings. The highest BCUT2D eigenvalue weighted by atomic mass is 16.2. The van der Waals surface area contributed by atoms with E-state index in [1.54, 1.807) is 23.0 Å². The van der Waals surface area contributed by atoms with Crippen LogP contribution in [-0.4, -0.2) is 32.7 Å². The van der Waals surface area contributed by atoms with Gasteiger partial charge in [0.15, 0.2) is 0 Å². The van der Waals surface area contributed by atoms with E-state index in [4.69, 9.17) is 0 Å². The van der Waals surface area contributed by atoms with Crippen LogP contribution in [0.25, 0.3) is 11.4 Å². The Balaban J connectivity index is 1.24. The maximum Gasteiger partial charge on any atom is 0.243 e. The Labute approximate surface area is 174 Å². The highest BCUT2D eigenvalue weighted by Gasteiger charge is 2.08. The number of hydrogen-bond donors (Lipinski definition) is 2. The molecule has 150 valence electrons. The van der Waals surface area contributed by atoms with Crippen molar-refractivity contribution in [2.75, 3.05) is 11.9 Å². The zero-order valence-electron chi connectivity index (χ0n) is 16.2. The number of rotatable bonds is 7. The minimum Gasteiger partial charge on any atom is -0.347 e. The number of nitrogens with one attached hydrogen (secondary N) is 2. The molecule has 2 amide bonds. The Hall–Kier alpha value is -4.13. The highest BCUT2D eigenvalue weighted by molar-refractivity contribution is 5.94. The fraction of sp³-hybridized carbons (Fsp3) is 0.0870. The van der Waals surface area contributed by atoms with Crippen LogP contribution in [0.15, 0.2) is 91.5 Å². The number of carbonyl (C=O) groups excluding carboxylic acids is 2. The molecule has 0 spiro atoms. The summed E-state index contributed by atoms with van der Waals surface area (Å²) in [5.74, 6) is -0.481. The summed E-state index contributed by atoms with van der Waals surface area (Å²) >= 11 is 0. The van der Waals surface area contributed by atoms with Crippen LogP contribution >= 0.6 is 0 Å². The Morgan fingerprint density at radius 3 is 2.17 bits per heavy atom. The van der Waals surface area contributed by atoms with Crippen molar-refractivity contribution in [3.8, 4) is 11.4 Å². The SMILES string of the molecule is O=C(Cc1ccc(-n2cccc2)cc1)NCC(=O)Nc1ccc(-n2cccn2)cc1. The number of aromatic nitrogens is 3. The second-order valence-electron chi connectivity index (χ2n) is 6.76. The summed E-state index contributed by atoms with van der Waals surface area (Å²) in [5.41, 5.74) is 3.47. The van der Waals surface area contributed by atoms with Crippen LogP contribution in [-0.2, 0) is 16.0 Å². The van der Waals surface area contributed by atoms with Crippen molar-refractivity contribution in [2.24, 2.45) is 0 Å². The van der Waals surface area contributed by atoms with Crippen LogP contribution in [0.1, 0.15) is 5.56 Å². The lowest BCUT2D eigenvalue weighted by Crippen LogP contribution is -2.33. The van der Waals surface area contributed by atoms with E-state index in [2.05, 4.69) is 15.7 Å². The molecule has 4 rings (SSSR count). The van der Waals surface area contributed by atoms with Crippen LogP contribution in [0, 0.1) is 0 Å². The van der Waals surface area contributed by atoms with Gasteiger partial charge in [-0.05, 0) is 60.2 Å². The maximum atomic E-state index is 12.2. The van der Waals surface area contributed by atoms with E-state index in [9.17, 15) is 9.59 Å². The molecular weight excluding hydrogens is 378 g/mol. The Kier molecular flexibility index (Phi) is 5.70. The predicted octanol–water partition coefficient (Wildman–Crippen LogP) is 2.96. The second kappa shape index (κ2) is 8.91. The molecule has 0 atom stereocenters. The normalized spacial score (nSPS) is 10.5. The molecule has 7 heteroatoms. The molecule has 2 aromatic heterocycles. The number of benzene rings is 2. The van der Waals surface area contributed by atoms with Gasteiger partial charge in [-0.2, -0.15) is 5.10 Å². The van der Waals surface area contributed by atoms with E-state index < -0.39 is 0 Å². The van der Waals surface area contributed by atoms with Gasteiger partial charge in [-0.1, -0.05) is 12.1 Å².